The van der Waals surface area contributed by atoms with Crippen LogP contribution in [0.2, 0.25) is 5.15 Å². The van der Waals surface area contributed by atoms with E-state index in [4.69, 9.17) is 26.2 Å². The molecule has 214 valence electrons. The average molecular weight is 577 g/mol. The van der Waals surface area contributed by atoms with Gasteiger partial charge in [-0.1, -0.05) is 23.7 Å². The minimum atomic E-state index is -1.03. The van der Waals surface area contributed by atoms with Gasteiger partial charge in [-0.15, -0.1) is 0 Å². The topological polar surface area (TPSA) is 117 Å². The molecule has 1 fully saturated rings. The standard InChI is InChI=1S/C31H33ClN4O5/c1-40-23-5-8-26-20(16-23)15-21(31(32)34-26)17-33-22-11-13-36(14-12-22)18-27(37)25-6-3-19(4-10-29(38)39)24-7-9-28(41-2)35-30(24)25/h3-10,15-16,22,27,33,37H,11-14,17-18H2,1-2H3,(H,38,39)/b10-4+. The Kier molecular flexibility index (Phi) is 8.99. The highest BCUT2D eigenvalue weighted by Gasteiger charge is 2.23. The maximum absolute atomic E-state index is 11.2. The summed E-state index contributed by atoms with van der Waals surface area (Å²) in [7, 11) is 3.19. The number of hydrogen-bond donors (Lipinski definition) is 3. The number of pyridine rings is 2. The van der Waals surface area contributed by atoms with Gasteiger partial charge in [0.1, 0.15) is 10.9 Å². The van der Waals surface area contributed by atoms with Crippen LogP contribution in [0.15, 0.2) is 54.6 Å². The predicted molar refractivity (Wildman–Crippen MR) is 160 cm³/mol. The predicted octanol–water partition coefficient (Wildman–Crippen LogP) is 4.84. The number of fused-ring (bicyclic) bond motifs is 2. The molecular formula is C31H33ClN4O5. The average Bonchev–Trinajstić information content (AvgIpc) is 2.98. The van der Waals surface area contributed by atoms with Crippen molar-refractivity contribution in [3.05, 3.63) is 76.5 Å². The molecule has 10 heteroatoms. The van der Waals surface area contributed by atoms with Crippen LogP contribution in [-0.4, -0.2) is 70.9 Å². The van der Waals surface area contributed by atoms with Gasteiger partial charge >= 0.3 is 5.97 Å². The molecule has 1 aliphatic heterocycles. The number of hydrogen-bond acceptors (Lipinski definition) is 8. The SMILES string of the molecule is COc1ccc2nc(Cl)c(CNC3CCN(CC(O)c4ccc(/C=C/C(=O)O)c5ccc(OC)nc45)CC3)cc2c1. The summed E-state index contributed by atoms with van der Waals surface area (Å²) in [6.45, 7) is 2.76. The van der Waals surface area contributed by atoms with Crippen molar-refractivity contribution in [2.75, 3.05) is 33.9 Å². The molecule has 4 aromatic rings. The number of aliphatic hydroxyl groups is 1. The zero-order valence-electron chi connectivity index (χ0n) is 23.0. The van der Waals surface area contributed by atoms with E-state index in [1.807, 2.05) is 36.4 Å². The highest BCUT2D eigenvalue weighted by molar-refractivity contribution is 6.30. The highest BCUT2D eigenvalue weighted by Crippen LogP contribution is 2.30. The van der Waals surface area contributed by atoms with Crippen molar-refractivity contribution < 1.29 is 24.5 Å². The molecule has 0 amide bonds. The maximum Gasteiger partial charge on any atom is 0.328 e. The Labute approximate surface area is 243 Å². The van der Waals surface area contributed by atoms with Gasteiger partial charge in [-0.2, -0.15) is 0 Å². The molecule has 1 aliphatic rings. The fourth-order valence-corrected chi connectivity index (χ4v) is 5.49. The second kappa shape index (κ2) is 12.8. The molecule has 5 rings (SSSR count). The fraction of sp³-hybridized carbons (Fsp3) is 0.323. The van der Waals surface area contributed by atoms with Gasteiger partial charge in [0.25, 0.3) is 0 Å². The van der Waals surface area contributed by atoms with Crippen molar-refractivity contribution >= 4 is 45.5 Å². The minimum absolute atomic E-state index is 0.326. The second-order valence-electron chi connectivity index (χ2n) is 10.1. The van der Waals surface area contributed by atoms with Crippen LogP contribution in [0.3, 0.4) is 0 Å². The van der Waals surface area contributed by atoms with Crippen molar-refractivity contribution in [2.24, 2.45) is 0 Å². The van der Waals surface area contributed by atoms with Crippen molar-refractivity contribution in [3.63, 3.8) is 0 Å². The number of piperidine rings is 1. The van der Waals surface area contributed by atoms with Gasteiger partial charge in [-0.25, -0.2) is 14.8 Å². The number of rotatable bonds is 10. The van der Waals surface area contributed by atoms with Crippen LogP contribution in [0, 0.1) is 0 Å². The lowest BCUT2D eigenvalue weighted by atomic mass is 9.98. The van der Waals surface area contributed by atoms with Crippen LogP contribution in [0.25, 0.3) is 27.9 Å². The molecule has 9 nitrogen and oxygen atoms in total. The lowest BCUT2D eigenvalue weighted by Gasteiger charge is -2.34. The number of carboxylic acid groups (broad SMARTS) is 1. The maximum atomic E-state index is 11.2. The van der Waals surface area contributed by atoms with E-state index in [0.717, 1.165) is 59.6 Å². The highest BCUT2D eigenvalue weighted by atomic mass is 35.5. The van der Waals surface area contributed by atoms with Gasteiger partial charge in [0, 0.05) is 53.2 Å². The molecule has 0 aliphatic carbocycles. The molecule has 1 atom stereocenters. The van der Waals surface area contributed by atoms with E-state index in [9.17, 15) is 9.90 Å². The third-order valence-corrected chi connectivity index (χ3v) is 7.85. The molecular weight excluding hydrogens is 544 g/mol. The van der Waals surface area contributed by atoms with Gasteiger partial charge in [0.15, 0.2) is 0 Å². The summed E-state index contributed by atoms with van der Waals surface area (Å²) >= 11 is 6.47. The molecule has 1 unspecified atom stereocenters. The van der Waals surface area contributed by atoms with Crippen molar-refractivity contribution in [1.82, 2.24) is 20.2 Å². The first kappa shape index (κ1) is 28.8. The van der Waals surface area contributed by atoms with Crippen LogP contribution in [0.4, 0.5) is 0 Å². The first-order chi connectivity index (χ1) is 19.8. The number of aliphatic carboxylic acids is 1. The van der Waals surface area contributed by atoms with Gasteiger partial charge in [-0.3, -0.25) is 0 Å². The molecule has 2 aromatic carbocycles. The summed E-state index contributed by atoms with van der Waals surface area (Å²) in [5, 5.41) is 26.1. The number of β-amino-alcohol motifs (C(OH)–C–C–N with tert-alkyl or cyclic N) is 1. The Morgan fingerprint density at radius 2 is 1.93 bits per heavy atom. The molecule has 0 spiro atoms. The van der Waals surface area contributed by atoms with E-state index >= 15 is 0 Å². The number of benzene rings is 2. The molecule has 3 N–H and O–H groups in total. The van der Waals surface area contributed by atoms with E-state index < -0.39 is 12.1 Å². The number of methoxy groups -OCH3 is 2. The van der Waals surface area contributed by atoms with Crippen LogP contribution in [0.1, 0.15) is 35.6 Å². The molecule has 2 aromatic heterocycles. The number of aromatic nitrogens is 2. The van der Waals surface area contributed by atoms with E-state index in [1.165, 1.54) is 13.2 Å². The summed E-state index contributed by atoms with van der Waals surface area (Å²) in [5.41, 5.74) is 3.77. The fourth-order valence-electron chi connectivity index (χ4n) is 5.27. The third kappa shape index (κ3) is 6.77. The number of nitrogens with one attached hydrogen (secondary N) is 1. The smallest absolute Gasteiger partial charge is 0.328 e. The van der Waals surface area contributed by atoms with Crippen molar-refractivity contribution in [3.8, 4) is 11.6 Å². The monoisotopic (exact) mass is 576 g/mol. The zero-order valence-corrected chi connectivity index (χ0v) is 23.8. The number of aliphatic hydroxyl groups excluding tert-OH is 1. The van der Waals surface area contributed by atoms with Crippen LogP contribution < -0.4 is 14.8 Å². The van der Waals surface area contributed by atoms with Crippen molar-refractivity contribution in [2.45, 2.75) is 31.5 Å². The van der Waals surface area contributed by atoms with Crippen LogP contribution in [-0.2, 0) is 11.3 Å². The molecule has 0 bridgehead atoms. The molecule has 0 radical (unpaired) electrons. The summed E-state index contributed by atoms with van der Waals surface area (Å²) in [6, 6.07) is 15.3. The van der Waals surface area contributed by atoms with Crippen LogP contribution >= 0.6 is 11.6 Å². The zero-order chi connectivity index (χ0) is 28.9. The van der Waals surface area contributed by atoms with E-state index in [2.05, 4.69) is 26.3 Å². The Morgan fingerprint density at radius 1 is 1.12 bits per heavy atom. The largest absolute Gasteiger partial charge is 0.497 e. The number of nitrogens with zero attached hydrogens (tertiary/aromatic N) is 3. The number of carboxylic acids is 1. The number of likely N-dealkylation sites (tertiary alicyclic amines) is 1. The van der Waals surface area contributed by atoms with Crippen molar-refractivity contribution in [1.29, 1.82) is 0 Å². The Bertz CT molecular complexity index is 1590. The normalized spacial score (nSPS) is 15.5. The Balaban J connectivity index is 1.21. The van der Waals surface area contributed by atoms with Gasteiger partial charge in [0.05, 0.1) is 31.4 Å². The van der Waals surface area contributed by atoms with E-state index in [0.29, 0.717) is 46.8 Å². The number of halogens is 1. The van der Waals surface area contributed by atoms with E-state index in [-0.39, 0.29) is 0 Å². The third-order valence-electron chi connectivity index (χ3n) is 7.52. The molecule has 41 heavy (non-hydrogen) atoms. The summed E-state index contributed by atoms with van der Waals surface area (Å²) in [5.74, 6) is 0.182. The Hall–Kier alpha value is -3.76. The van der Waals surface area contributed by atoms with Gasteiger partial charge in [-0.05, 0) is 67.9 Å². The van der Waals surface area contributed by atoms with Gasteiger partial charge < -0.3 is 29.9 Å². The molecule has 1 saturated heterocycles. The Morgan fingerprint density at radius 3 is 2.66 bits per heavy atom. The number of ether oxygens (including phenoxy) is 2. The van der Waals surface area contributed by atoms with E-state index in [1.54, 1.807) is 13.2 Å². The van der Waals surface area contributed by atoms with Crippen LogP contribution in [0.5, 0.6) is 11.6 Å². The lowest BCUT2D eigenvalue weighted by Crippen LogP contribution is -2.43. The minimum Gasteiger partial charge on any atom is -0.497 e. The quantitative estimate of drug-likeness (QED) is 0.180. The first-order valence-electron chi connectivity index (χ1n) is 13.5. The molecule has 0 saturated carbocycles. The number of carbonyl (C=O) groups is 1. The lowest BCUT2D eigenvalue weighted by molar-refractivity contribution is -0.131. The summed E-state index contributed by atoms with van der Waals surface area (Å²) in [6.07, 6.45) is 3.73. The summed E-state index contributed by atoms with van der Waals surface area (Å²) in [4.78, 5) is 22.4. The first-order valence-corrected chi connectivity index (χ1v) is 13.9. The second-order valence-corrected chi connectivity index (χ2v) is 10.5. The van der Waals surface area contributed by atoms with Gasteiger partial charge in [0.2, 0.25) is 5.88 Å². The molecule has 3 heterocycles. The summed E-state index contributed by atoms with van der Waals surface area (Å²) < 4.78 is 10.6.